The number of nitrogens with one attached hydrogen (secondary N) is 1. The average Bonchev–Trinajstić information content (AvgIpc) is 2.63. The van der Waals surface area contributed by atoms with E-state index >= 15 is 0 Å². The maximum Gasteiger partial charge on any atom is 0.105 e. The highest BCUT2D eigenvalue weighted by atomic mass is 15.2. The van der Waals surface area contributed by atoms with Gasteiger partial charge in [0.15, 0.2) is 0 Å². The van der Waals surface area contributed by atoms with Gasteiger partial charge in [0, 0.05) is 18.6 Å². The van der Waals surface area contributed by atoms with E-state index in [-0.39, 0.29) is 0 Å². The molecule has 0 aromatic heterocycles. The molecule has 0 bridgehead atoms. The van der Waals surface area contributed by atoms with Gasteiger partial charge in [-0.2, -0.15) is 5.26 Å². The molecule has 0 aromatic carbocycles. The van der Waals surface area contributed by atoms with Gasteiger partial charge in [-0.05, 0) is 53.0 Å². The number of hydrogen-bond donors (Lipinski definition) is 1. The predicted molar refractivity (Wildman–Crippen MR) is 71.7 cm³/mol. The Labute approximate surface area is 106 Å². The first-order valence-corrected chi connectivity index (χ1v) is 6.79. The van der Waals surface area contributed by atoms with Crippen LogP contribution in [0.15, 0.2) is 0 Å². The molecule has 3 nitrogen and oxygen atoms in total. The van der Waals surface area contributed by atoms with Crippen molar-refractivity contribution in [2.75, 3.05) is 13.1 Å². The normalized spacial score (nSPS) is 26.8. The minimum Gasteiger partial charge on any atom is -0.300 e. The molecule has 1 rings (SSSR count). The molecule has 1 heterocycles. The number of hydrogen-bond acceptors (Lipinski definition) is 3. The van der Waals surface area contributed by atoms with Gasteiger partial charge in [0.25, 0.3) is 0 Å². The van der Waals surface area contributed by atoms with Crippen molar-refractivity contribution in [3.63, 3.8) is 0 Å². The molecule has 3 atom stereocenters. The summed E-state index contributed by atoms with van der Waals surface area (Å²) in [6.45, 7) is 13.1. The van der Waals surface area contributed by atoms with Crippen molar-refractivity contribution in [3.8, 4) is 6.07 Å². The van der Waals surface area contributed by atoms with Crippen LogP contribution in [0.4, 0.5) is 0 Å². The summed E-state index contributed by atoms with van der Waals surface area (Å²) < 4.78 is 0. The topological polar surface area (TPSA) is 39.1 Å². The van der Waals surface area contributed by atoms with E-state index in [4.69, 9.17) is 0 Å². The molecule has 1 aliphatic heterocycles. The van der Waals surface area contributed by atoms with Crippen LogP contribution in [0.2, 0.25) is 0 Å². The summed E-state index contributed by atoms with van der Waals surface area (Å²) in [6.07, 6.45) is 2.19. The lowest BCUT2D eigenvalue weighted by molar-refractivity contribution is 0.203. The van der Waals surface area contributed by atoms with Gasteiger partial charge in [0.05, 0.1) is 6.07 Å². The van der Waals surface area contributed by atoms with Crippen molar-refractivity contribution in [2.24, 2.45) is 5.92 Å². The molecule has 3 unspecified atom stereocenters. The Morgan fingerprint density at radius 1 is 1.47 bits per heavy atom. The molecule has 0 amide bonds. The van der Waals surface area contributed by atoms with Gasteiger partial charge >= 0.3 is 0 Å². The second kappa shape index (κ2) is 5.84. The smallest absolute Gasteiger partial charge is 0.105 e. The molecular weight excluding hydrogens is 210 g/mol. The zero-order valence-corrected chi connectivity index (χ0v) is 12.0. The second-order valence-corrected chi connectivity index (χ2v) is 6.18. The number of nitrogens with zero attached hydrogens (tertiary/aromatic N) is 2. The van der Waals surface area contributed by atoms with Crippen molar-refractivity contribution < 1.29 is 0 Å². The third-order valence-electron chi connectivity index (χ3n) is 3.64. The fourth-order valence-corrected chi connectivity index (χ4v) is 2.86. The van der Waals surface area contributed by atoms with Gasteiger partial charge in [-0.1, -0.05) is 6.92 Å². The quantitative estimate of drug-likeness (QED) is 0.798. The summed E-state index contributed by atoms with van der Waals surface area (Å²) >= 11 is 0. The Balaban J connectivity index is 2.53. The first-order chi connectivity index (χ1) is 7.86. The number of rotatable bonds is 5. The molecule has 98 valence electrons. The summed E-state index contributed by atoms with van der Waals surface area (Å²) in [5, 5.41) is 12.7. The number of nitriles is 1. The number of likely N-dealkylation sites (tertiary alicyclic amines) is 1. The molecule has 0 aliphatic carbocycles. The van der Waals surface area contributed by atoms with Gasteiger partial charge in [0.2, 0.25) is 0 Å². The van der Waals surface area contributed by atoms with E-state index in [1.807, 2.05) is 6.92 Å². The van der Waals surface area contributed by atoms with Crippen LogP contribution in [-0.4, -0.2) is 35.6 Å². The van der Waals surface area contributed by atoms with Crippen molar-refractivity contribution in [2.45, 2.75) is 65.1 Å². The summed E-state index contributed by atoms with van der Waals surface area (Å²) in [4.78, 5) is 2.52. The lowest BCUT2D eigenvalue weighted by Crippen LogP contribution is -2.49. The molecule has 1 N–H and O–H groups in total. The Morgan fingerprint density at radius 3 is 2.53 bits per heavy atom. The van der Waals surface area contributed by atoms with Crippen LogP contribution < -0.4 is 5.32 Å². The first-order valence-electron chi connectivity index (χ1n) is 6.79. The zero-order chi connectivity index (χ0) is 13.1. The standard InChI is InChI=1S/C14H27N3/c1-11(2)16-14(5,10-15)8-13(4)17-7-6-12(3)9-17/h11-13,16H,6-9H2,1-5H3. The molecule has 0 spiro atoms. The summed E-state index contributed by atoms with van der Waals surface area (Å²) in [5.74, 6) is 0.809. The van der Waals surface area contributed by atoms with Crippen molar-refractivity contribution in [3.05, 3.63) is 0 Å². The maximum absolute atomic E-state index is 9.35. The molecule has 0 aromatic rings. The monoisotopic (exact) mass is 237 g/mol. The van der Waals surface area contributed by atoms with Crippen LogP contribution in [0.3, 0.4) is 0 Å². The van der Waals surface area contributed by atoms with Gasteiger partial charge < -0.3 is 4.90 Å². The van der Waals surface area contributed by atoms with E-state index in [1.165, 1.54) is 19.5 Å². The minimum atomic E-state index is -0.403. The molecule has 1 fully saturated rings. The Bertz CT molecular complexity index is 282. The molecule has 3 heteroatoms. The van der Waals surface area contributed by atoms with E-state index in [0.717, 1.165) is 12.3 Å². The summed E-state index contributed by atoms with van der Waals surface area (Å²) in [5.41, 5.74) is -0.403. The zero-order valence-electron chi connectivity index (χ0n) is 12.0. The Kier molecular flexibility index (Phi) is 4.97. The molecule has 17 heavy (non-hydrogen) atoms. The van der Waals surface area contributed by atoms with E-state index in [9.17, 15) is 5.26 Å². The van der Waals surface area contributed by atoms with E-state index in [1.54, 1.807) is 0 Å². The van der Waals surface area contributed by atoms with Gasteiger partial charge in [-0.25, -0.2) is 0 Å². The van der Waals surface area contributed by atoms with Gasteiger partial charge in [0.1, 0.15) is 5.54 Å². The van der Waals surface area contributed by atoms with E-state index in [2.05, 4.69) is 44.0 Å². The third-order valence-corrected chi connectivity index (χ3v) is 3.64. The summed E-state index contributed by atoms with van der Waals surface area (Å²) in [6, 6.07) is 3.27. The Hall–Kier alpha value is -0.590. The van der Waals surface area contributed by atoms with Crippen LogP contribution >= 0.6 is 0 Å². The first kappa shape index (κ1) is 14.5. The van der Waals surface area contributed by atoms with Crippen LogP contribution in [0.1, 0.15) is 47.5 Å². The average molecular weight is 237 g/mol. The molecular formula is C14H27N3. The minimum absolute atomic E-state index is 0.351. The van der Waals surface area contributed by atoms with Gasteiger partial charge in [-0.15, -0.1) is 0 Å². The molecule has 0 saturated carbocycles. The van der Waals surface area contributed by atoms with Crippen molar-refractivity contribution in [1.82, 2.24) is 10.2 Å². The predicted octanol–water partition coefficient (Wildman–Crippen LogP) is 2.39. The fourth-order valence-electron chi connectivity index (χ4n) is 2.86. The molecule has 0 radical (unpaired) electrons. The maximum atomic E-state index is 9.35. The highest BCUT2D eigenvalue weighted by Crippen LogP contribution is 2.23. The lowest BCUT2D eigenvalue weighted by atomic mass is 9.93. The Morgan fingerprint density at radius 2 is 2.12 bits per heavy atom. The van der Waals surface area contributed by atoms with E-state index in [0.29, 0.717) is 12.1 Å². The fraction of sp³-hybridized carbons (Fsp3) is 0.929. The highest BCUT2D eigenvalue weighted by Gasteiger charge is 2.31. The van der Waals surface area contributed by atoms with Crippen LogP contribution in [-0.2, 0) is 0 Å². The molecule has 1 saturated heterocycles. The van der Waals surface area contributed by atoms with Crippen LogP contribution in [0, 0.1) is 17.2 Å². The molecule has 1 aliphatic rings. The summed E-state index contributed by atoms with van der Waals surface area (Å²) in [7, 11) is 0. The van der Waals surface area contributed by atoms with E-state index < -0.39 is 5.54 Å². The van der Waals surface area contributed by atoms with Crippen molar-refractivity contribution >= 4 is 0 Å². The second-order valence-electron chi connectivity index (χ2n) is 6.18. The van der Waals surface area contributed by atoms with Crippen LogP contribution in [0.5, 0.6) is 0 Å². The highest BCUT2D eigenvalue weighted by molar-refractivity contribution is 5.06. The van der Waals surface area contributed by atoms with Gasteiger partial charge in [-0.3, -0.25) is 5.32 Å². The largest absolute Gasteiger partial charge is 0.300 e. The lowest BCUT2D eigenvalue weighted by Gasteiger charge is -2.33. The third kappa shape index (κ3) is 4.29. The van der Waals surface area contributed by atoms with Crippen molar-refractivity contribution in [1.29, 1.82) is 5.26 Å². The van der Waals surface area contributed by atoms with Crippen LogP contribution in [0.25, 0.3) is 0 Å². The SMILES string of the molecule is CC1CCN(C(C)CC(C)(C#N)NC(C)C)C1.